The van der Waals surface area contributed by atoms with Gasteiger partial charge in [0.05, 0.1) is 27.9 Å². The zero-order valence-electron chi connectivity index (χ0n) is 19.7. The molecule has 0 aliphatic heterocycles. The number of nitrogens with one attached hydrogen (secondary N) is 1. The topological polar surface area (TPSA) is 109 Å². The third kappa shape index (κ3) is 5.90. The third-order valence-electron chi connectivity index (χ3n) is 4.88. The van der Waals surface area contributed by atoms with Gasteiger partial charge >= 0.3 is 11.9 Å². The van der Waals surface area contributed by atoms with Crippen LogP contribution in [0.25, 0.3) is 11.1 Å². The van der Waals surface area contributed by atoms with Crippen molar-refractivity contribution in [2.45, 2.75) is 6.92 Å². The van der Waals surface area contributed by atoms with E-state index in [1.807, 2.05) is 0 Å². The lowest BCUT2D eigenvalue weighted by atomic mass is 10.0. The molecular weight excluding hydrogens is 474 g/mol. The van der Waals surface area contributed by atoms with Gasteiger partial charge in [-0.3, -0.25) is 4.79 Å². The zero-order chi connectivity index (χ0) is 25.4. The van der Waals surface area contributed by atoms with E-state index < -0.39 is 24.5 Å². The summed E-state index contributed by atoms with van der Waals surface area (Å²) in [5.74, 6) is -0.561. The molecule has 0 bridgehead atoms. The van der Waals surface area contributed by atoms with E-state index in [4.69, 9.17) is 23.7 Å². The smallest absolute Gasteiger partial charge is 0.342 e. The molecule has 0 saturated heterocycles. The Morgan fingerprint density at radius 1 is 0.857 bits per heavy atom. The summed E-state index contributed by atoms with van der Waals surface area (Å²) in [6.07, 6.45) is 0. The first-order chi connectivity index (χ1) is 16.9. The molecule has 0 saturated carbocycles. The molecule has 10 heteroatoms. The first-order valence-electron chi connectivity index (χ1n) is 10.5. The molecule has 0 unspecified atom stereocenters. The summed E-state index contributed by atoms with van der Waals surface area (Å²) in [5, 5.41) is 4.64. The number of thiophene rings is 1. The van der Waals surface area contributed by atoms with E-state index in [2.05, 4.69) is 5.32 Å². The van der Waals surface area contributed by atoms with E-state index in [-0.39, 0.29) is 22.7 Å². The van der Waals surface area contributed by atoms with Gasteiger partial charge in [0.15, 0.2) is 18.1 Å². The maximum atomic E-state index is 12.8. The first kappa shape index (κ1) is 25.6. The van der Waals surface area contributed by atoms with Crippen LogP contribution < -0.4 is 19.5 Å². The summed E-state index contributed by atoms with van der Waals surface area (Å²) in [6.45, 7) is 1.29. The normalized spacial score (nSPS) is 10.3. The van der Waals surface area contributed by atoms with Gasteiger partial charge in [0.25, 0.3) is 5.91 Å². The fourth-order valence-electron chi connectivity index (χ4n) is 3.26. The molecule has 1 amide bonds. The van der Waals surface area contributed by atoms with Gasteiger partial charge in [0.1, 0.15) is 21.9 Å². The average molecular weight is 500 g/mol. The second kappa shape index (κ2) is 11.9. The number of ether oxygens (including phenoxy) is 5. The van der Waals surface area contributed by atoms with Crippen LogP contribution in [-0.4, -0.2) is 52.4 Å². The molecule has 1 N–H and O–H groups in total. The summed E-state index contributed by atoms with van der Waals surface area (Å²) in [5.41, 5.74) is 1.61. The van der Waals surface area contributed by atoms with Crippen LogP contribution in [-0.2, 0) is 14.3 Å². The van der Waals surface area contributed by atoms with E-state index >= 15 is 0 Å². The Balaban J connectivity index is 1.82. The highest BCUT2D eigenvalue weighted by Crippen LogP contribution is 2.39. The number of carbonyl (C=O) groups excluding carboxylic acids is 3. The third-order valence-corrected chi connectivity index (χ3v) is 5.77. The van der Waals surface area contributed by atoms with E-state index in [0.717, 1.165) is 11.3 Å². The molecule has 35 heavy (non-hydrogen) atoms. The molecule has 3 rings (SSSR count). The summed E-state index contributed by atoms with van der Waals surface area (Å²) >= 11 is 1.15. The van der Waals surface area contributed by atoms with Crippen LogP contribution in [0.15, 0.2) is 47.8 Å². The second-order valence-corrected chi connectivity index (χ2v) is 7.85. The molecule has 0 aliphatic carbocycles. The van der Waals surface area contributed by atoms with Crippen LogP contribution in [0, 0.1) is 0 Å². The fourth-order valence-corrected chi connectivity index (χ4v) is 4.23. The van der Waals surface area contributed by atoms with Gasteiger partial charge in [-0.2, -0.15) is 0 Å². The number of carbonyl (C=O) groups is 3. The number of esters is 2. The molecule has 184 valence electrons. The predicted molar refractivity (Wildman–Crippen MR) is 131 cm³/mol. The Morgan fingerprint density at radius 3 is 2.26 bits per heavy atom. The molecule has 9 nitrogen and oxygen atoms in total. The minimum atomic E-state index is -0.708. The SMILES string of the molecule is CCOC(=O)c1c(-c2ccc(OC)c(OC)c2)csc1NC(=O)COC(=O)c1ccccc1OC. The van der Waals surface area contributed by atoms with Crippen molar-refractivity contribution in [1.82, 2.24) is 0 Å². The maximum Gasteiger partial charge on any atom is 0.342 e. The molecule has 0 fully saturated rings. The summed E-state index contributed by atoms with van der Waals surface area (Å²) < 4.78 is 26.1. The number of para-hydroxylation sites is 1. The number of hydrogen-bond donors (Lipinski definition) is 1. The highest BCUT2D eigenvalue weighted by Gasteiger charge is 2.24. The van der Waals surface area contributed by atoms with Gasteiger partial charge in [-0.25, -0.2) is 9.59 Å². The van der Waals surface area contributed by atoms with Crippen molar-refractivity contribution < 1.29 is 38.1 Å². The Bertz CT molecular complexity index is 1220. The Hall–Kier alpha value is -4.05. The molecule has 0 atom stereocenters. The van der Waals surface area contributed by atoms with Crippen molar-refractivity contribution in [2.75, 3.05) is 39.9 Å². The van der Waals surface area contributed by atoms with E-state index in [9.17, 15) is 14.4 Å². The van der Waals surface area contributed by atoms with Crippen molar-refractivity contribution in [1.29, 1.82) is 0 Å². The largest absolute Gasteiger partial charge is 0.496 e. The number of hydrogen-bond acceptors (Lipinski definition) is 9. The summed E-state index contributed by atoms with van der Waals surface area (Å²) in [4.78, 5) is 37.7. The van der Waals surface area contributed by atoms with Crippen LogP contribution in [0.5, 0.6) is 17.2 Å². The molecule has 1 aromatic heterocycles. The number of benzene rings is 2. The van der Waals surface area contributed by atoms with E-state index in [0.29, 0.717) is 28.4 Å². The summed E-state index contributed by atoms with van der Waals surface area (Å²) in [7, 11) is 4.47. The Morgan fingerprint density at radius 2 is 1.57 bits per heavy atom. The standard InChI is InChI=1S/C25H25NO8S/c1-5-33-25(29)22-17(15-10-11-19(31-3)20(12-15)32-4)14-35-23(22)26-21(27)13-34-24(28)16-8-6-7-9-18(16)30-2/h6-12,14H,5,13H2,1-4H3,(H,26,27). The van der Waals surface area contributed by atoms with Crippen molar-refractivity contribution in [3.63, 3.8) is 0 Å². The molecule has 1 heterocycles. The minimum absolute atomic E-state index is 0.157. The monoisotopic (exact) mass is 499 g/mol. The highest BCUT2D eigenvalue weighted by atomic mass is 32.1. The van der Waals surface area contributed by atoms with Crippen LogP contribution in [0.2, 0.25) is 0 Å². The van der Waals surface area contributed by atoms with Gasteiger partial charge in [-0.1, -0.05) is 18.2 Å². The van der Waals surface area contributed by atoms with Crippen molar-refractivity contribution in [3.05, 3.63) is 59.0 Å². The molecule has 0 spiro atoms. The predicted octanol–water partition coefficient (Wildman–Crippen LogP) is 4.41. The Labute approximate surface area is 206 Å². The van der Waals surface area contributed by atoms with Crippen molar-refractivity contribution in [2.24, 2.45) is 0 Å². The van der Waals surface area contributed by atoms with Crippen LogP contribution in [0.4, 0.5) is 5.00 Å². The lowest BCUT2D eigenvalue weighted by molar-refractivity contribution is -0.119. The maximum absolute atomic E-state index is 12.8. The molecule has 2 aromatic carbocycles. The Kier molecular flexibility index (Phi) is 8.69. The van der Waals surface area contributed by atoms with Gasteiger partial charge in [0, 0.05) is 10.9 Å². The highest BCUT2D eigenvalue weighted by molar-refractivity contribution is 7.15. The van der Waals surface area contributed by atoms with E-state index in [1.165, 1.54) is 27.4 Å². The van der Waals surface area contributed by atoms with Crippen LogP contribution >= 0.6 is 11.3 Å². The van der Waals surface area contributed by atoms with Gasteiger partial charge < -0.3 is 29.0 Å². The fraction of sp³-hybridized carbons (Fsp3) is 0.240. The number of anilines is 1. The van der Waals surface area contributed by atoms with E-state index in [1.54, 1.807) is 48.7 Å². The lowest BCUT2D eigenvalue weighted by Crippen LogP contribution is -2.22. The van der Waals surface area contributed by atoms with Gasteiger partial charge in [-0.15, -0.1) is 11.3 Å². The molecule has 0 aliphatic rings. The number of methoxy groups -OCH3 is 3. The first-order valence-corrected chi connectivity index (χ1v) is 11.4. The lowest BCUT2D eigenvalue weighted by Gasteiger charge is -2.12. The van der Waals surface area contributed by atoms with Crippen molar-refractivity contribution >= 4 is 34.2 Å². The molecule has 3 aromatic rings. The summed E-state index contributed by atoms with van der Waals surface area (Å²) in [6, 6.07) is 11.7. The van der Waals surface area contributed by atoms with Crippen LogP contribution in [0.3, 0.4) is 0 Å². The average Bonchev–Trinajstić information content (AvgIpc) is 3.30. The molecule has 0 radical (unpaired) electrons. The minimum Gasteiger partial charge on any atom is -0.496 e. The van der Waals surface area contributed by atoms with Gasteiger partial charge in [-0.05, 0) is 36.8 Å². The van der Waals surface area contributed by atoms with Crippen LogP contribution in [0.1, 0.15) is 27.6 Å². The number of rotatable bonds is 10. The molecular formula is C25H25NO8S. The zero-order valence-corrected chi connectivity index (χ0v) is 20.5. The number of amides is 1. The quantitative estimate of drug-likeness (QED) is 0.409. The second-order valence-electron chi connectivity index (χ2n) is 6.97. The van der Waals surface area contributed by atoms with Gasteiger partial charge in [0.2, 0.25) is 0 Å². The van der Waals surface area contributed by atoms with Crippen molar-refractivity contribution in [3.8, 4) is 28.4 Å².